The Morgan fingerprint density at radius 3 is 2.79 bits per heavy atom. The van der Waals surface area contributed by atoms with Crippen molar-refractivity contribution in [2.75, 3.05) is 11.9 Å². The summed E-state index contributed by atoms with van der Waals surface area (Å²) in [6, 6.07) is 13.9. The van der Waals surface area contributed by atoms with Gasteiger partial charge in [-0.05, 0) is 56.0 Å². The highest BCUT2D eigenvalue weighted by atomic mass is 32.2. The molecule has 3 aromatic heterocycles. The number of aryl methyl sites for hydroxylation is 2. The van der Waals surface area contributed by atoms with Gasteiger partial charge in [-0.2, -0.15) is 0 Å². The Morgan fingerprint density at radius 1 is 1.24 bits per heavy atom. The molecule has 1 aliphatic carbocycles. The number of rotatable bonds is 8. The number of nitrogens with one attached hydrogen (secondary N) is 1. The summed E-state index contributed by atoms with van der Waals surface area (Å²) in [5, 5.41) is 14.2. The molecule has 170 valence electrons. The van der Waals surface area contributed by atoms with Crippen LogP contribution in [-0.2, 0) is 12.8 Å². The summed E-state index contributed by atoms with van der Waals surface area (Å²) in [4.78, 5) is 13.4. The van der Waals surface area contributed by atoms with Crippen LogP contribution in [0, 0.1) is 6.92 Å². The number of hydrogen-bond donors (Lipinski definition) is 2. The minimum Gasteiger partial charge on any atom is -0.458 e. The molecule has 3 heterocycles. The number of aromatic nitrogens is 3. The first-order chi connectivity index (χ1) is 16.0. The van der Waals surface area contributed by atoms with Crippen molar-refractivity contribution >= 4 is 34.0 Å². The fourth-order valence-corrected chi connectivity index (χ4v) is 6.33. The summed E-state index contributed by atoms with van der Waals surface area (Å²) in [5.41, 5.74) is 8.48. The van der Waals surface area contributed by atoms with Gasteiger partial charge in [0.25, 0.3) is 5.91 Å². The number of carbonyl (C=O) groups is 1. The predicted molar refractivity (Wildman–Crippen MR) is 132 cm³/mol. The minimum absolute atomic E-state index is 0.167. The van der Waals surface area contributed by atoms with Gasteiger partial charge in [0.2, 0.25) is 5.82 Å². The van der Waals surface area contributed by atoms with Crippen LogP contribution < -0.4 is 11.1 Å². The Kier molecular flexibility index (Phi) is 5.99. The van der Waals surface area contributed by atoms with Crippen LogP contribution in [0.15, 0.2) is 52.0 Å². The second-order valence-corrected chi connectivity index (χ2v) is 10.6. The van der Waals surface area contributed by atoms with E-state index in [2.05, 4.69) is 22.4 Å². The van der Waals surface area contributed by atoms with Crippen LogP contribution in [0.5, 0.6) is 0 Å². The number of nitrogens with two attached hydrogens (primary N) is 1. The number of para-hydroxylation sites is 1. The van der Waals surface area contributed by atoms with Gasteiger partial charge in [-0.3, -0.25) is 9.36 Å². The number of furan rings is 1. The van der Waals surface area contributed by atoms with Crippen molar-refractivity contribution in [3.8, 4) is 17.3 Å². The number of primary amides is 1. The van der Waals surface area contributed by atoms with Crippen molar-refractivity contribution in [3.05, 3.63) is 64.2 Å². The third kappa shape index (κ3) is 4.30. The van der Waals surface area contributed by atoms with Crippen molar-refractivity contribution in [1.29, 1.82) is 0 Å². The summed E-state index contributed by atoms with van der Waals surface area (Å²) in [5.74, 6) is 1.83. The Balaban J connectivity index is 1.38. The lowest BCUT2D eigenvalue weighted by molar-refractivity contribution is 0.100. The molecule has 0 aliphatic heterocycles. The molecule has 0 fully saturated rings. The number of carbonyl (C=O) groups excluding carboxylic acids is 1. The zero-order chi connectivity index (χ0) is 22.9. The molecular weight excluding hydrogens is 454 g/mol. The van der Waals surface area contributed by atoms with E-state index in [-0.39, 0.29) is 11.2 Å². The molecule has 0 saturated carbocycles. The molecule has 1 amide bonds. The zero-order valence-electron chi connectivity index (χ0n) is 18.5. The first-order valence-electron chi connectivity index (χ1n) is 10.9. The van der Waals surface area contributed by atoms with Crippen LogP contribution in [0.1, 0.15) is 39.9 Å². The first kappa shape index (κ1) is 21.8. The molecule has 7 nitrogen and oxygen atoms in total. The normalized spacial score (nSPS) is 13.8. The topological polar surface area (TPSA) is 99.0 Å². The van der Waals surface area contributed by atoms with Gasteiger partial charge in [-0.1, -0.05) is 36.9 Å². The van der Waals surface area contributed by atoms with E-state index in [1.54, 1.807) is 23.1 Å². The largest absolute Gasteiger partial charge is 0.458 e. The van der Waals surface area contributed by atoms with E-state index in [4.69, 9.17) is 10.2 Å². The lowest BCUT2D eigenvalue weighted by Gasteiger charge is -2.14. The Bertz CT molecular complexity index is 1290. The van der Waals surface area contributed by atoms with Gasteiger partial charge in [-0.15, -0.1) is 21.5 Å². The lowest BCUT2D eigenvalue weighted by Crippen LogP contribution is -2.18. The number of thioether (sulfide) groups is 1. The molecule has 0 spiro atoms. The molecule has 0 radical (unpaired) electrons. The summed E-state index contributed by atoms with van der Waals surface area (Å²) in [6.07, 6.45) is 3.06. The van der Waals surface area contributed by atoms with E-state index in [1.807, 2.05) is 54.0 Å². The Hall–Kier alpha value is -3.04. The molecule has 0 bridgehead atoms. The summed E-state index contributed by atoms with van der Waals surface area (Å²) < 4.78 is 7.86. The minimum atomic E-state index is -0.348. The molecule has 5 rings (SSSR count). The number of thiophene rings is 1. The molecule has 1 unspecified atom stereocenters. The maximum atomic E-state index is 12.1. The second-order valence-electron chi connectivity index (χ2n) is 8.12. The van der Waals surface area contributed by atoms with Crippen LogP contribution in [-0.4, -0.2) is 32.5 Å². The number of hydrogen-bond acceptors (Lipinski definition) is 7. The molecule has 0 saturated heterocycles. The van der Waals surface area contributed by atoms with E-state index in [0.29, 0.717) is 23.7 Å². The first-order valence-corrected chi connectivity index (χ1v) is 12.6. The predicted octanol–water partition coefficient (Wildman–Crippen LogP) is 5.08. The highest BCUT2D eigenvalue weighted by Gasteiger charge is 2.26. The van der Waals surface area contributed by atoms with Crippen LogP contribution >= 0.6 is 23.1 Å². The molecule has 1 aliphatic rings. The third-order valence-electron chi connectivity index (χ3n) is 5.63. The molecule has 4 aromatic rings. The molecular formula is C24H25N5O2S2. The number of fused-ring (bicyclic) bond motifs is 1. The number of nitrogens with zero attached hydrogens (tertiary/aromatic N) is 3. The monoisotopic (exact) mass is 479 g/mol. The third-order valence-corrected chi connectivity index (χ3v) is 7.93. The molecule has 1 aromatic carbocycles. The van der Waals surface area contributed by atoms with Crippen molar-refractivity contribution in [2.45, 2.75) is 43.5 Å². The van der Waals surface area contributed by atoms with Gasteiger partial charge in [0, 0.05) is 22.4 Å². The van der Waals surface area contributed by atoms with Gasteiger partial charge < -0.3 is 15.5 Å². The van der Waals surface area contributed by atoms with Gasteiger partial charge in [0.05, 0.1) is 5.56 Å². The SMILES string of the molecule is Cc1ccc(-c2nnc(SC(C)CNc3sc4c(c3C(N)=O)CCC4)n2-c2ccccc2)o1. The van der Waals surface area contributed by atoms with Crippen LogP contribution in [0.2, 0.25) is 0 Å². The molecule has 3 N–H and O–H groups in total. The average molecular weight is 480 g/mol. The Morgan fingerprint density at radius 2 is 2.06 bits per heavy atom. The van der Waals surface area contributed by atoms with Crippen LogP contribution in [0.4, 0.5) is 5.00 Å². The molecule has 33 heavy (non-hydrogen) atoms. The van der Waals surface area contributed by atoms with Gasteiger partial charge in [0.1, 0.15) is 10.8 Å². The fourth-order valence-electron chi connectivity index (χ4n) is 4.12. The van der Waals surface area contributed by atoms with E-state index in [1.165, 1.54) is 4.88 Å². The summed E-state index contributed by atoms with van der Waals surface area (Å²) in [7, 11) is 0. The van der Waals surface area contributed by atoms with Gasteiger partial charge in [0.15, 0.2) is 10.9 Å². The number of anilines is 1. The van der Waals surface area contributed by atoms with Gasteiger partial charge >= 0.3 is 0 Å². The zero-order valence-corrected chi connectivity index (χ0v) is 20.1. The van der Waals surface area contributed by atoms with Crippen molar-refractivity contribution < 1.29 is 9.21 Å². The van der Waals surface area contributed by atoms with Crippen LogP contribution in [0.25, 0.3) is 17.3 Å². The molecule has 9 heteroatoms. The standard InChI is InChI=1S/C24H25N5O2S2/c1-14-11-12-18(31-14)22-27-28-24(29(22)16-7-4-3-5-8-16)32-15(2)13-26-23-20(21(25)30)17-9-6-10-19(17)33-23/h3-5,7-8,11-12,15,26H,6,9-10,13H2,1-2H3,(H2,25,30). The molecule has 1 atom stereocenters. The average Bonchev–Trinajstić information content (AvgIpc) is 3.56. The smallest absolute Gasteiger partial charge is 0.251 e. The van der Waals surface area contributed by atoms with Crippen molar-refractivity contribution in [1.82, 2.24) is 14.8 Å². The number of amides is 1. The van der Waals surface area contributed by atoms with E-state index < -0.39 is 0 Å². The summed E-state index contributed by atoms with van der Waals surface area (Å²) >= 11 is 3.29. The fraction of sp³-hybridized carbons (Fsp3) is 0.292. The maximum absolute atomic E-state index is 12.1. The van der Waals surface area contributed by atoms with Crippen LogP contribution in [0.3, 0.4) is 0 Å². The second kappa shape index (κ2) is 9.07. The van der Waals surface area contributed by atoms with Crippen molar-refractivity contribution in [2.24, 2.45) is 5.73 Å². The lowest BCUT2D eigenvalue weighted by atomic mass is 10.1. The Labute approximate surface area is 200 Å². The quantitative estimate of drug-likeness (QED) is 0.342. The van der Waals surface area contributed by atoms with Gasteiger partial charge in [-0.25, -0.2) is 0 Å². The van der Waals surface area contributed by atoms with E-state index in [9.17, 15) is 4.79 Å². The highest BCUT2D eigenvalue weighted by molar-refractivity contribution is 7.99. The number of benzene rings is 1. The van der Waals surface area contributed by atoms with E-state index >= 15 is 0 Å². The summed E-state index contributed by atoms with van der Waals surface area (Å²) in [6.45, 7) is 4.71. The highest BCUT2D eigenvalue weighted by Crippen LogP contribution is 2.39. The van der Waals surface area contributed by atoms with Crippen molar-refractivity contribution in [3.63, 3.8) is 0 Å². The maximum Gasteiger partial charge on any atom is 0.251 e. The van der Waals surface area contributed by atoms with E-state index in [0.717, 1.165) is 46.4 Å².